The maximum Gasteiger partial charge on any atom is 0.260 e. The van der Waals surface area contributed by atoms with Crippen LogP contribution in [0, 0.1) is 12.8 Å². The summed E-state index contributed by atoms with van der Waals surface area (Å²) in [4.78, 5) is 32.6. The second-order valence-corrected chi connectivity index (χ2v) is 8.29. The molecule has 1 aromatic heterocycles. The molecule has 5 nitrogen and oxygen atoms in total. The van der Waals surface area contributed by atoms with Gasteiger partial charge in [-0.2, -0.15) is 0 Å². The summed E-state index contributed by atoms with van der Waals surface area (Å²) in [5.74, 6) is 0.394. The van der Waals surface area contributed by atoms with E-state index < -0.39 is 0 Å². The van der Waals surface area contributed by atoms with Crippen molar-refractivity contribution in [2.45, 2.75) is 38.6 Å². The largest absolute Gasteiger partial charge is 0.334 e. The summed E-state index contributed by atoms with van der Waals surface area (Å²) in [7, 11) is 0. The van der Waals surface area contributed by atoms with Crippen LogP contribution in [-0.2, 0) is 6.42 Å². The third-order valence-corrected chi connectivity index (χ3v) is 6.12. The number of hydrogen-bond acceptors (Lipinski definition) is 3. The van der Waals surface area contributed by atoms with E-state index in [4.69, 9.17) is 0 Å². The second-order valence-electron chi connectivity index (χ2n) is 8.29. The van der Waals surface area contributed by atoms with Crippen molar-refractivity contribution in [1.82, 2.24) is 14.8 Å². The highest BCUT2D eigenvalue weighted by molar-refractivity contribution is 5.94. The zero-order valence-electron chi connectivity index (χ0n) is 16.6. The van der Waals surface area contributed by atoms with Crippen molar-refractivity contribution < 1.29 is 4.79 Å². The molecule has 5 heteroatoms. The number of carbonyl (C=O) groups is 1. The molecule has 0 radical (unpaired) electrons. The van der Waals surface area contributed by atoms with Gasteiger partial charge in [0.25, 0.3) is 11.5 Å². The fraction of sp³-hybridized carbons (Fsp3) is 0.478. The van der Waals surface area contributed by atoms with Gasteiger partial charge in [0.1, 0.15) is 5.56 Å². The molecule has 0 spiro atoms. The lowest BCUT2D eigenvalue weighted by Gasteiger charge is -2.36. The van der Waals surface area contributed by atoms with Crippen molar-refractivity contribution in [2.24, 2.45) is 5.92 Å². The van der Waals surface area contributed by atoms with Gasteiger partial charge in [-0.3, -0.25) is 9.59 Å². The van der Waals surface area contributed by atoms with Gasteiger partial charge >= 0.3 is 0 Å². The molecule has 4 heterocycles. The van der Waals surface area contributed by atoms with Gasteiger partial charge in [-0.1, -0.05) is 30.3 Å². The van der Waals surface area contributed by atoms with E-state index in [9.17, 15) is 9.59 Å². The van der Waals surface area contributed by atoms with Crippen LogP contribution in [0.5, 0.6) is 0 Å². The van der Waals surface area contributed by atoms with Crippen LogP contribution in [0.2, 0.25) is 0 Å². The molecule has 3 fully saturated rings. The molecule has 0 saturated carbocycles. The minimum absolute atomic E-state index is 0.109. The molecular formula is C23H29N3O2. The van der Waals surface area contributed by atoms with E-state index in [1.165, 1.54) is 12.0 Å². The summed E-state index contributed by atoms with van der Waals surface area (Å²) in [6.45, 7) is 5.64. The fourth-order valence-electron chi connectivity index (χ4n) is 4.66. The topological polar surface area (TPSA) is 56.4 Å². The molecule has 2 aromatic rings. The number of aromatic amines is 1. The number of amides is 1. The molecule has 28 heavy (non-hydrogen) atoms. The van der Waals surface area contributed by atoms with E-state index in [0.29, 0.717) is 5.92 Å². The highest BCUT2D eigenvalue weighted by Gasteiger charge is 2.37. The van der Waals surface area contributed by atoms with Gasteiger partial charge in [-0.15, -0.1) is 0 Å². The number of fused-ring (bicyclic) bond motifs is 4. The lowest BCUT2D eigenvalue weighted by atomic mass is 9.94. The number of rotatable bonds is 5. The van der Waals surface area contributed by atoms with Crippen molar-refractivity contribution in [3.63, 3.8) is 0 Å². The highest BCUT2D eigenvalue weighted by Crippen LogP contribution is 2.29. The van der Waals surface area contributed by atoms with Gasteiger partial charge < -0.3 is 14.8 Å². The zero-order valence-corrected chi connectivity index (χ0v) is 16.6. The van der Waals surface area contributed by atoms with Crippen molar-refractivity contribution in [1.29, 1.82) is 0 Å². The van der Waals surface area contributed by atoms with Gasteiger partial charge in [0, 0.05) is 31.4 Å². The Kier molecular flexibility index (Phi) is 5.62. The number of H-pyrrole nitrogens is 1. The number of hydrogen-bond donors (Lipinski definition) is 1. The van der Waals surface area contributed by atoms with Gasteiger partial charge in [-0.05, 0) is 62.8 Å². The summed E-state index contributed by atoms with van der Waals surface area (Å²) in [5.41, 5.74) is 2.16. The zero-order chi connectivity index (χ0) is 19.5. The predicted molar refractivity (Wildman–Crippen MR) is 111 cm³/mol. The Bertz CT molecular complexity index is 877. The SMILES string of the molecule is Cc1ccc(C(=O)N2CC3CCC2CN(CCCc2ccccc2)C3)c(=O)[nH]1. The Balaban J connectivity index is 1.40. The van der Waals surface area contributed by atoms with Gasteiger partial charge in [0.05, 0.1) is 0 Å². The third-order valence-electron chi connectivity index (χ3n) is 6.12. The summed E-state index contributed by atoms with van der Waals surface area (Å²) in [6.07, 6.45) is 4.44. The standard InChI is InChI=1S/C23H29N3O2/c1-17-9-12-21(22(27)24-17)23(28)26-15-19-10-11-20(26)16-25(14-19)13-5-8-18-6-3-2-4-7-18/h2-4,6-7,9,12,19-20H,5,8,10-11,13-16H2,1H3,(H,24,27). The molecule has 1 amide bonds. The molecule has 2 unspecified atom stereocenters. The Morgan fingerprint density at radius 3 is 2.68 bits per heavy atom. The van der Waals surface area contributed by atoms with Crippen LogP contribution in [0.4, 0.5) is 0 Å². The highest BCUT2D eigenvalue weighted by atomic mass is 16.2. The van der Waals surface area contributed by atoms with E-state index >= 15 is 0 Å². The summed E-state index contributed by atoms with van der Waals surface area (Å²) < 4.78 is 0. The van der Waals surface area contributed by atoms with Crippen LogP contribution < -0.4 is 5.56 Å². The molecule has 2 atom stereocenters. The van der Waals surface area contributed by atoms with Gasteiger partial charge in [0.15, 0.2) is 0 Å². The molecule has 3 aliphatic heterocycles. The minimum atomic E-state index is -0.273. The molecule has 1 aromatic carbocycles. The first-order valence-corrected chi connectivity index (χ1v) is 10.4. The van der Waals surface area contributed by atoms with E-state index in [1.54, 1.807) is 12.1 Å². The third kappa shape index (κ3) is 4.20. The van der Waals surface area contributed by atoms with Crippen molar-refractivity contribution >= 4 is 5.91 Å². The van der Waals surface area contributed by atoms with Crippen LogP contribution in [0.25, 0.3) is 0 Å². The van der Waals surface area contributed by atoms with Crippen LogP contribution in [0.1, 0.15) is 40.9 Å². The first-order valence-electron chi connectivity index (χ1n) is 10.4. The lowest BCUT2D eigenvalue weighted by Crippen LogP contribution is -2.48. The molecule has 148 valence electrons. The number of nitrogens with one attached hydrogen (secondary N) is 1. The van der Waals surface area contributed by atoms with Crippen molar-refractivity contribution in [3.8, 4) is 0 Å². The number of pyridine rings is 1. The molecular weight excluding hydrogens is 350 g/mol. The van der Waals surface area contributed by atoms with E-state index in [-0.39, 0.29) is 23.1 Å². The van der Waals surface area contributed by atoms with Gasteiger partial charge in [-0.25, -0.2) is 0 Å². The number of aryl methyl sites for hydroxylation is 2. The van der Waals surface area contributed by atoms with Crippen LogP contribution in [0.3, 0.4) is 0 Å². The van der Waals surface area contributed by atoms with Crippen LogP contribution >= 0.6 is 0 Å². The molecule has 2 bridgehead atoms. The Morgan fingerprint density at radius 1 is 1.07 bits per heavy atom. The summed E-state index contributed by atoms with van der Waals surface area (Å²) in [5, 5.41) is 0. The molecule has 3 aliphatic rings. The Labute approximate surface area is 166 Å². The number of carbonyl (C=O) groups excluding carboxylic acids is 1. The molecule has 5 rings (SSSR count). The Morgan fingerprint density at radius 2 is 1.89 bits per heavy atom. The smallest absolute Gasteiger partial charge is 0.260 e. The first-order chi connectivity index (χ1) is 13.6. The van der Waals surface area contributed by atoms with E-state index in [0.717, 1.165) is 51.1 Å². The monoisotopic (exact) mass is 379 g/mol. The van der Waals surface area contributed by atoms with E-state index in [1.807, 2.05) is 11.8 Å². The van der Waals surface area contributed by atoms with Crippen molar-refractivity contribution in [3.05, 3.63) is 69.6 Å². The maximum absolute atomic E-state index is 13.1. The molecule has 3 saturated heterocycles. The van der Waals surface area contributed by atoms with Crippen LogP contribution in [0.15, 0.2) is 47.3 Å². The summed E-state index contributed by atoms with van der Waals surface area (Å²) >= 11 is 0. The average molecular weight is 380 g/mol. The quantitative estimate of drug-likeness (QED) is 0.869. The van der Waals surface area contributed by atoms with Gasteiger partial charge in [0.2, 0.25) is 0 Å². The molecule has 1 N–H and O–H groups in total. The van der Waals surface area contributed by atoms with E-state index in [2.05, 4.69) is 40.2 Å². The minimum Gasteiger partial charge on any atom is -0.334 e. The first kappa shape index (κ1) is 18.9. The number of aromatic nitrogens is 1. The average Bonchev–Trinajstić information content (AvgIpc) is 2.99. The summed E-state index contributed by atoms with van der Waals surface area (Å²) in [6, 6.07) is 14.3. The Hall–Kier alpha value is -2.40. The number of nitrogens with zero attached hydrogens (tertiary/aromatic N) is 2. The van der Waals surface area contributed by atoms with Crippen molar-refractivity contribution in [2.75, 3.05) is 26.2 Å². The lowest BCUT2D eigenvalue weighted by molar-refractivity contribution is 0.0583. The predicted octanol–water partition coefficient (Wildman–Crippen LogP) is 2.85. The van der Waals surface area contributed by atoms with Crippen LogP contribution in [-0.4, -0.2) is 52.9 Å². The fourth-order valence-corrected chi connectivity index (χ4v) is 4.66. The maximum atomic E-state index is 13.1. The number of piperidine rings is 1. The number of benzene rings is 1. The second kappa shape index (κ2) is 8.31. The molecule has 0 aliphatic carbocycles. The normalized spacial score (nSPS) is 22.2.